The van der Waals surface area contributed by atoms with Crippen LogP contribution >= 0.6 is 39.1 Å². The molecule has 0 radical (unpaired) electrons. The maximum absolute atomic E-state index is 6.16. The molecule has 0 atom stereocenters. The van der Waals surface area contributed by atoms with Crippen molar-refractivity contribution in [1.29, 1.82) is 0 Å². The van der Waals surface area contributed by atoms with Gasteiger partial charge in [0.1, 0.15) is 12.4 Å². The van der Waals surface area contributed by atoms with Crippen molar-refractivity contribution in [3.05, 3.63) is 62.0 Å². The fourth-order valence-corrected chi connectivity index (χ4v) is 2.75. The van der Waals surface area contributed by atoms with Crippen LogP contribution in [0.25, 0.3) is 0 Å². The summed E-state index contributed by atoms with van der Waals surface area (Å²) in [5.74, 6) is 0.852. The molecule has 0 amide bonds. The molecule has 5 heteroatoms. The number of benzene rings is 2. The average molecular weight is 389 g/mol. The first-order valence-corrected chi connectivity index (χ1v) is 8.21. The third kappa shape index (κ3) is 4.89. The molecule has 2 aromatic carbocycles. The minimum Gasteiger partial charge on any atom is -0.489 e. The Morgan fingerprint density at radius 1 is 1.10 bits per heavy atom. The van der Waals surface area contributed by atoms with E-state index in [0.717, 1.165) is 34.4 Å². The molecule has 0 aliphatic carbocycles. The molecule has 2 nitrogen and oxygen atoms in total. The van der Waals surface area contributed by atoms with Crippen molar-refractivity contribution in [2.75, 3.05) is 6.54 Å². The summed E-state index contributed by atoms with van der Waals surface area (Å²) in [5.41, 5.74) is 2.02. The first-order valence-electron chi connectivity index (χ1n) is 6.66. The van der Waals surface area contributed by atoms with Crippen molar-refractivity contribution in [3.63, 3.8) is 0 Å². The molecule has 1 N–H and O–H groups in total. The van der Waals surface area contributed by atoms with Gasteiger partial charge in [0.2, 0.25) is 0 Å². The first kappa shape index (κ1) is 16.6. The molecular formula is C16H16BrCl2NO. The van der Waals surface area contributed by atoms with Gasteiger partial charge in [-0.25, -0.2) is 0 Å². The van der Waals surface area contributed by atoms with Crippen LogP contribution in [0.5, 0.6) is 5.75 Å². The molecule has 0 fully saturated rings. The van der Waals surface area contributed by atoms with Crippen molar-refractivity contribution in [2.45, 2.75) is 20.1 Å². The summed E-state index contributed by atoms with van der Waals surface area (Å²) >= 11 is 15.5. The predicted octanol–water partition coefficient (Wildman–Crippen LogP) is 5.44. The molecule has 0 saturated carbocycles. The van der Waals surface area contributed by atoms with Gasteiger partial charge in [-0.2, -0.15) is 0 Å². The van der Waals surface area contributed by atoms with E-state index in [1.165, 1.54) is 0 Å². The Labute approximate surface area is 143 Å². The molecule has 2 aromatic rings. The van der Waals surface area contributed by atoms with Crippen LogP contribution in [0.2, 0.25) is 10.0 Å². The zero-order valence-electron chi connectivity index (χ0n) is 11.6. The van der Waals surface area contributed by atoms with Crippen molar-refractivity contribution >= 4 is 39.1 Å². The van der Waals surface area contributed by atoms with Gasteiger partial charge in [0, 0.05) is 32.2 Å². The second-order valence-corrected chi connectivity index (χ2v) is 6.32. The van der Waals surface area contributed by atoms with Gasteiger partial charge in [-0.3, -0.25) is 0 Å². The first-order chi connectivity index (χ1) is 10.1. The third-order valence-electron chi connectivity index (χ3n) is 2.99. The van der Waals surface area contributed by atoms with E-state index in [-0.39, 0.29) is 0 Å². The summed E-state index contributed by atoms with van der Waals surface area (Å²) in [7, 11) is 0. The Kier molecular flexibility index (Phi) is 6.37. The van der Waals surface area contributed by atoms with Gasteiger partial charge in [0.05, 0.1) is 0 Å². The van der Waals surface area contributed by atoms with Gasteiger partial charge in [-0.05, 0) is 36.9 Å². The molecule has 2 rings (SSSR count). The number of hydrogen-bond acceptors (Lipinski definition) is 2. The smallest absolute Gasteiger partial charge is 0.124 e. The Bertz CT molecular complexity index is 619. The number of nitrogens with one attached hydrogen (secondary N) is 1. The van der Waals surface area contributed by atoms with Crippen LogP contribution < -0.4 is 10.1 Å². The largest absolute Gasteiger partial charge is 0.489 e. The highest BCUT2D eigenvalue weighted by Crippen LogP contribution is 2.26. The molecule has 112 valence electrons. The van der Waals surface area contributed by atoms with E-state index >= 15 is 0 Å². The second kappa shape index (κ2) is 8.04. The Morgan fingerprint density at radius 2 is 1.90 bits per heavy atom. The van der Waals surface area contributed by atoms with Crippen LogP contribution in [-0.2, 0) is 13.2 Å². The number of halogens is 3. The lowest BCUT2D eigenvalue weighted by Crippen LogP contribution is -2.13. The SMILES string of the molecule is CCNCc1cc(Br)ccc1OCc1ccc(Cl)cc1Cl. The van der Waals surface area contributed by atoms with Gasteiger partial charge in [0.15, 0.2) is 0 Å². The fourth-order valence-electron chi connectivity index (χ4n) is 1.88. The molecule has 0 heterocycles. The van der Waals surface area contributed by atoms with Crippen LogP contribution in [0, 0.1) is 0 Å². The zero-order chi connectivity index (χ0) is 15.2. The highest BCUT2D eigenvalue weighted by Gasteiger charge is 2.07. The topological polar surface area (TPSA) is 21.3 Å². The van der Waals surface area contributed by atoms with Crippen LogP contribution in [-0.4, -0.2) is 6.54 Å². The highest BCUT2D eigenvalue weighted by atomic mass is 79.9. The lowest BCUT2D eigenvalue weighted by Gasteiger charge is -2.13. The number of ether oxygens (including phenoxy) is 1. The molecule has 0 aliphatic rings. The second-order valence-electron chi connectivity index (χ2n) is 4.56. The Balaban J connectivity index is 2.11. The summed E-state index contributed by atoms with van der Waals surface area (Å²) in [6.07, 6.45) is 0. The number of hydrogen-bond donors (Lipinski definition) is 1. The highest BCUT2D eigenvalue weighted by molar-refractivity contribution is 9.10. The minimum atomic E-state index is 0.413. The third-order valence-corrected chi connectivity index (χ3v) is 4.07. The number of rotatable bonds is 6. The van der Waals surface area contributed by atoms with E-state index in [0.29, 0.717) is 16.7 Å². The van der Waals surface area contributed by atoms with E-state index in [9.17, 15) is 0 Å². The van der Waals surface area contributed by atoms with Crippen molar-refractivity contribution in [1.82, 2.24) is 5.32 Å². The van der Waals surface area contributed by atoms with Crippen LogP contribution in [0.1, 0.15) is 18.1 Å². The Morgan fingerprint density at radius 3 is 2.62 bits per heavy atom. The summed E-state index contributed by atoms with van der Waals surface area (Å²) in [6.45, 7) is 4.16. The van der Waals surface area contributed by atoms with Gasteiger partial charge >= 0.3 is 0 Å². The van der Waals surface area contributed by atoms with Gasteiger partial charge in [0.25, 0.3) is 0 Å². The van der Waals surface area contributed by atoms with Gasteiger partial charge in [-0.1, -0.05) is 52.1 Å². The van der Waals surface area contributed by atoms with Crippen molar-refractivity contribution in [3.8, 4) is 5.75 Å². The molecule has 0 bridgehead atoms. The van der Waals surface area contributed by atoms with E-state index in [1.807, 2.05) is 24.3 Å². The predicted molar refractivity (Wildman–Crippen MR) is 92.3 cm³/mol. The lowest BCUT2D eigenvalue weighted by atomic mass is 10.2. The van der Waals surface area contributed by atoms with E-state index in [4.69, 9.17) is 27.9 Å². The molecule has 21 heavy (non-hydrogen) atoms. The van der Waals surface area contributed by atoms with Gasteiger partial charge in [-0.15, -0.1) is 0 Å². The maximum atomic E-state index is 6.16. The summed E-state index contributed by atoms with van der Waals surface area (Å²) < 4.78 is 6.94. The standard InChI is InChI=1S/C16H16BrCl2NO/c1-2-20-9-12-7-13(17)4-6-16(12)21-10-11-3-5-14(18)8-15(11)19/h3-8,20H,2,9-10H2,1H3. The molecule has 0 spiro atoms. The zero-order valence-corrected chi connectivity index (χ0v) is 14.7. The molecule has 0 aromatic heterocycles. The van der Waals surface area contributed by atoms with Crippen LogP contribution in [0.3, 0.4) is 0 Å². The molecular weight excluding hydrogens is 373 g/mol. The van der Waals surface area contributed by atoms with Crippen molar-refractivity contribution < 1.29 is 4.74 Å². The van der Waals surface area contributed by atoms with Crippen LogP contribution in [0.4, 0.5) is 0 Å². The van der Waals surface area contributed by atoms with E-state index < -0.39 is 0 Å². The van der Waals surface area contributed by atoms with E-state index in [2.05, 4.69) is 34.2 Å². The minimum absolute atomic E-state index is 0.413. The molecule has 0 unspecified atom stereocenters. The summed E-state index contributed by atoms with van der Waals surface area (Å²) in [6, 6.07) is 11.4. The summed E-state index contributed by atoms with van der Waals surface area (Å²) in [5, 5.41) is 4.55. The average Bonchev–Trinajstić information content (AvgIpc) is 2.45. The normalized spacial score (nSPS) is 10.7. The molecule has 0 aliphatic heterocycles. The lowest BCUT2D eigenvalue weighted by molar-refractivity contribution is 0.302. The van der Waals surface area contributed by atoms with Crippen molar-refractivity contribution in [2.24, 2.45) is 0 Å². The van der Waals surface area contributed by atoms with Gasteiger partial charge < -0.3 is 10.1 Å². The maximum Gasteiger partial charge on any atom is 0.124 e. The monoisotopic (exact) mass is 387 g/mol. The summed E-state index contributed by atoms with van der Waals surface area (Å²) in [4.78, 5) is 0. The quantitative estimate of drug-likeness (QED) is 0.710. The Hall–Kier alpha value is -0.740. The van der Waals surface area contributed by atoms with Crippen LogP contribution in [0.15, 0.2) is 40.9 Å². The van der Waals surface area contributed by atoms with E-state index in [1.54, 1.807) is 6.07 Å². The molecule has 0 saturated heterocycles. The fraction of sp³-hybridized carbons (Fsp3) is 0.250.